The highest BCUT2D eigenvalue weighted by Gasteiger charge is 2.62. The molecule has 0 unspecified atom stereocenters. The maximum Gasteiger partial charge on any atom is 0.259 e. The van der Waals surface area contributed by atoms with Gasteiger partial charge in [-0.25, -0.2) is 0 Å². The fourth-order valence-corrected chi connectivity index (χ4v) is 5.07. The number of pyridine rings is 1. The zero-order chi connectivity index (χ0) is 22.4. The van der Waals surface area contributed by atoms with E-state index < -0.39 is 5.60 Å². The number of carbonyl (C=O) groups is 2. The molecular weight excluding hydrogens is 416 g/mol. The van der Waals surface area contributed by atoms with Crippen molar-refractivity contribution in [2.24, 2.45) is 5.92 Å². The van der Waals surface area contributed by atoms with Gasteiger partial charge in [0.25, 0.3) is 5.91 Å². The van der Waals surface area contributed by atoms with Gasteiger partial charge in [0.1, 0.15) is 13.5 Å². The third kappa shape index (κ3) is 5.86. The topological polar surface area (TPSA) is 78.0 Å². The van der Waals surface area contributed by atoms with Crippen LogP contribution in [0.2, 0.25) is 0 Å². The highest BCUT2D eigenvalue weighted by molar-refractivity contribution is 8.13. The van der Waals surface area contributed by atoms with Crippen molar-refractivity contribution in [3.63, 3.8) is 0 Å². The molecule has 0 spiro atoms. The van der Waals surface area contributed by atoms with Gasteiger partial charge in [0.15, 0.2) is 10.7 Å². The van der Waals surface area contributed by atoms with Gasteiger partial charge in [-0.05, 0) is 42.9 Å². The summed E-state index contributed by atoms with van der Waals surface area (Å²) < 4.78 is 16.4. The summed E-state index contributed by atoms with van der Waals surface area (Å²) in [5.74, 6) is 1.21. The van der Waals surface area contributed by atoms with Crippen LogP contribution in [0.1, 0.15) is 49.4 Å². The van der Waals surface area contributed by atoms with Crippen LogP contribution in [-0.4, -0.2) is 66.0 Å². The first-order valence-electron chi connectivity index (χ1n) is 10.9. The van der Waals surface area contributed by atoms with Gasteiger partial charge in [-0.15, -0.1) is 0 Å². The molecule has 1 aromatic heterocycles. The van der Waals surface area contributed by atoms with Crippen molar-refractivity contribution in [3.05, 3.63) is 29.1 Å². The van der Waals surface area contributed by atoms with Gasteiger partial charge in [-0.2, -0.15) is 0 Å². The van der Waals surface area contributed by atoms with Crippen molar-refractivity contribution in [2.75, 3.05) is 33.5 Å². The summed E-state index contributed by atoms with van der Waals surface area (Å²) >= 11 is 1.19. The molecule has 0 aromatic carbocycles. The first-order chi connectivity index (χ1) is 14.9. The van der Waals surface area contributed by atoms with E-state index in [0.717, 1.165) is 18.0 Å². The Kier molecular flexibility index (Phi) is 8.50. The molecule has 31 heavy (non-hydrogen) atoms. The molecule has 1 saturated heterocycles. The molecule has 172 valence electrons. The average Bonchev–Trinajstić information content (AvgIpc) is 3.57. The lowest BCUT2D eigenvalue weighted by molar-refractivity contribution is -0.229. The van der Waals surface area contributed by atoms with E-state index in [-0.39, 0.29) is 30.6 Å². The summed E-state index contributed by atoms with van der Waals surface area (Å²) in [5, 5.41) is 0.00349. The summed E-state index contributed by atoms with van der Waals surface area (Å²) in [6, 6.07) is 1.81. The molecule has 2 fully saturated rings. The number of aromatic nitrogens is 1. The molecule has 3 rings (SSSR count). The first kappa shape index (κ1) is 24.2. The SMILES string of the molecule is COCO[C@@]1(Cc2cc(CCCC3CC3)c(C)cn2)C(=O)N(COC)[C@H]1CSC(C)=O. The van der Waals surface area contributed by atoms with E-state index >= 15 is 0 Å². The number of ether oxygens (including phenoxy) is 3. The number of methoxy groups -OCH3 is 2. The lowest BCUT2D eigenvalue weighted by Crippen LogP contribution is -2.77. The Labute approximate surface area is 189 Å². The molecular formula is C23H34N2O5S. The van der Waals surface area contributed by atoms with Crippen molar-refractivity contribution in [1.29, 1.82) is 0 Å². The minimum Gasteiger partial charge on any atom is -0.364 e. The average molecular weight is 451 g/mol. The Balaban J connectivity index is 1.80. The maximum atomic E-state index is 13.2. The Morgan fingerprint density at radius 1 is 1.32 bits per heavy atom. The molecule has 2 heterocycles. The number of nitrogens with zero attached hydrogens (tertiary/aromatic N) is 2. The van der Waals surface area contributed by atoms with E-state index in [2.05, 4.69) is 18.0 Å². The van der Waals surface area contributed by atoms with Crippen LogP contribution in [0.3, 0.4) is 0 Å². The minimum absolute atomic E-state index is 0.00349. The number of thioether (sulfide) groups is 1. The number of hydrogen-bond donors (Lipinski definition) is 0. The number of rotatable bonds is 13. The highest BCUT2D eigenvalue weighted by Crippen LogP contribution is 2.40. The van der Waals surface area contributed by atoms with Crippen LogP contribution in [0.5, 0.6) is 0 Å². The number of amides is 1. The van der Waals surface area contributed by atoms with Gasteiger partial charge in [-0.3, -0.25) is 14.6 Å². The third-order valence-corrected chi connectivity index (χ3v) is 7.04. The van der Waals surface area contributed by atoms with Crippen LogP contribution >= 0.6 is 11.8 Å². The normalized spacial score (nSPS) is 23.2. The Hall–Kier alpha value is -1.48. The van der Waals surface area contributed by atoms with Crippen LogP contribution in [-0.2, 0) is 36.6 Å². The van der Waals surface area contributed by atoms with Crippen molar-refractivity contribution < 1.29 is 23.8 Å². The van der Waals surface area contributed by atoms with E-state index in [0.29, 0.717) is 12.2 Å². The standard InChI is InChI=1S/C23H34N2O5S/c1-16-12-24-20(10-19(16)7-5-6-18-8-9-18)11-23(30-15-29-4)21(13-31-17(2)26)25(14-28-3)22(23)27/h10,12,18,21H,5-9,11,13-15H2,1-4H3/t21-,23+/m0/s1. The van der Waals surface area contributed by atoms with Gasteiger partial charge in [-0.1, -0.05) is 31.0 Å². The van der Waals surface area contributed by atoms with Crippen molar-refractivity contribution >= 4 is 22.8 Å². The van der Waals surface area contributed by atoms with Crippen molar-refractivity contribution in [1.82, 2.24) is 9.88 Å². The second-order valence-electron chi connectivity index (χ2n) is 8.57. The Morgan fingerprint density at radius 3 is 2.74 bits per heavy atom. The maximum absolute atomic E-state index is 13.2. The van der Waals surface area contributed by atoms with Crippen LogP contribution in [0.25, 0.3) is 0 Å². The second-order valence-corrected chi connectivity index (χ2v) is 9.76. The Bertz CT molecular complexity index is 785. The molecule has 1 aromatic rings. The molecule has 1 aliphatic heterocycles. The minimum atomic E-state index is -1.11. The Morgan fingerprint density at radius 2 is 2.10 bits per heavy atom. The fourth-order valence-electron chi connectivity index (χ4n) is 4.23. The number of aryl methyl sites for hydroxylation is 2. The molecule has 0 radical (unpaired) electrons. The molecule has 0 N–H and O–H groups in total. The van der Waals surface area contributed by atoms with Gasteiger partial charge in [0, 0.05) is 45.2 Å². The second kappa shape index (κ2) is 10.9. The van der Waals surface area contributed by atoms with E-state index in [1.807, 2.05) is 6.20 Å². The predicted octanol–water partition coefficient (Wildman–Crippen LogP) is 3.12. The number of carbonyl (C=O) groups excluding carboxylic acids is 2. The van der Waals surface area contributed by atoms with E-state index in [9.17, 15) is 9.59 Å². The molecule has 2 atom stereocenters. The summed E-state index contributed by atoms with van der Waals surface area (Å²) in [4.78, 5) is 31.0. The van der Waals surface area contributed by atoms with Gasteiger partial charge < -0.3 is 19.1 Å². The predicted molar refractivity (Wildman–Crippen MR) is 120 cm³/mol. The summed E-state index contributed by atoms with van der Waals surface area (Å²) in [5.41, 5.74) is 2.18. The third-order valence-electron chi connectivity index (χ3n) is 6.15. The summed E-state index contributed by atoms with van der Waals surface area (Å²) in [6.07, 6.45) is 8.47. The van der Waals surface area contributed by atoms with Gasteiger partial charge in [0.05, 0.1) is 6.04 Å². The lowest BCUT2D eigenvalue weighted by Gasteiger charge is -2.54. The van der Waals surface area contributed by atoms with Gasteiger partial charge in [0.2, 0.25) is 0 Å². The molecule has 2 aliphatic rings. The number of hydrogen-bond acceptors (Lipinski definition) is 7. The monoisotopic (exact) mass is 450 g/mol. The highest BCUT2D eigenvalue weighted by atomic mass is 32.2. The molecule has 1 saturated carbocycles. The first-order valence-corrected chi connectivity index (χ1v) is 11.9. The number of β-lactam (4-membered cyclic amide) rings is 1. The van der Waals surface area contributed by atoms with Crippen LogP contribution in [0.4, 0.5) is 0 Å². The van der Waals surface area contributed by atoms with E-state index in [1.165, 1.54) is 62.6 Å². The van der Waals surface area contributed by atoms with Crippen molar-refractivity contribution in [3.8, 4) is 0 Å². The molecule has 0 bridgehead atoms. The van der Waals surface area contributed by atoms with Crippen LogP contribution < -0.4 is 0 Å². The van der Waals surface area contributed by atoms with Crippen LogP contribution in [0, 0.1) is 12.8 Å². The number of likely N-dealkylation sites (tertiary alicyclic amines) is 1. The molecule has 8 heteroatoms. The zero-order valence-corrected chi connectivity index (χ0v) is 19.8. The summed E-state index contributed by atoms with van der Waals surface area (Å²) in [7, 11) is 3.08. The largest absolute Gasteiger partial charge is 0.364 e. The smallest absolute Gasteiger partial charge is 0.259 e. The van der Waals surface area contributed by atoms with E-state index in [4.69, 9.17) is 14.2 Å². The molecule has 7 nitrogen and oxygen atoms in total. The van der Waals surface area contributed by atoms with Crippen molar-refractivity contribution in [2.45, 2.75) is 64.0 Å². The molecule has 1 amide bonds. The molecule has 1 aliphatic carbocycles. The van der Waals surface area contributed by atoms with Gasteiger partial charge >= 0.3 is 0 Å². The van der Waals surface area contributed by atoms with Crippen LogP contribution in [0.15, 0.2) is 12.3 Å². The van der Waals surface area contributed by atoms with E-state index in [1.54, 1.807) is 12.0 Å². The fraction of sp³-hybridized carbons (Fsp3) is 0.696. The lowest BCUT2D eigenvalue weighted by atomic mass is 9.79. The quantitative estimate of drug-likeness (QED) is 0.337. The zero-order valence-electron chi connectivity index (χ0n) is 19.0. The summed E-state index contributed by atoms with van der Waals surface area (Å²) in [6.45, 7) is 3.77.